The second kappa shape index (κ2) is 9.47. The van der Waals surface area contributed by atoms with Crippen LogP contribution in [-0.4, -0.2) is 27.1 Å². The molecular weight excluding hydrogens is 494 g/mol. The van der Waals surface area contributed by atoms with E-state index in [1.807, 2.05) is 85.8 Å². The van der Waals surface area contributed by atoms with Crippen molar-refractivity contribution in [3.05, 3.63) is 95.9 Å². The number of carbonyl (C=O) groups excluding carboxylic acids is 1. The summed E-state index contributed by atoms with van der Waals surface area (Å²) in [6.45, 7) is 3.56. The number of hydrogen-bond donors (Lipinski definition) is 3. The fraction of sp³-hybridized carbons (Fsp3) is 0.194. The van der Waals surface area contributed by atoms with Crippen molar-refractivity contribution in [1.82, 2.24) is 9.97 Å². The van der Waals surface area contributed by atoms with E-state index in [1.165, 1.54) is 0 Å². The molecule has 3 aromatic carbocycles. The lowest BCUT2D eigenvalue weighted by molar-refractivity contribution is -0.140. The number of carboxylic acid groups (broad SMARTS) is 1. The number of ether oxygens (including phenoxy) is 1. The molecule has 39 heavy (non-hydrogen) atoms. The molecule has 1 atom stereocenters. The standard InChI is InChI=1S/C31H27N3O5/c1-18(20-6-4-3-5-7-20)38-30(37)34-26-25(33-28-27(26)32-19(2)39-28)23-10-8-21(9-11-23)22-12-14-24(15-13-22)31(16-17-31)29(35)36/h3-15,18,33H,16-17H2,1-2H3,(H,34,37)(H,35,36). The molecule has 1 aliphatic carbocycles. The summed E-state index contributed by atoms with van der Waals surface area (Å²) in [7, 11) is 0. The van der Waals surface area contributed by atoms with Gasteiger partial charge in [0.2, 0.25) is 5.71 Å². The molecule has 1 saturated carbocycles. The summed E-state index contributed by atoms with van der Waals surface area (Å²) in [4.78, 5) is 32.2. The third kappa shape index (κ3) is 4.54. The fourth-order valence-electron chi connectivity index (χ4n) is 4.96. The molecule has 1 fully saturated rings. The molecule has 0 aliphatic heterocycles. The van der Waals surface area contributed by atoms with Crippen LogP contribution in [-0.2, 0) is 14.9 Å². The lowest BCUT2D eigenvalue weighted by Crippen LogP contribution is -2.19. The Bertz CT molecular complexity index is 1660. The van der Waals surface area contributed by atoms with E-state index in [0.29, 0.717) is 41.3 Å². The van der Waals surface area contributed by atoms with E-state index < -0.39 is 23.6 Å². The maximum absolute atomic E-state index is 12.9. The Labute approximate surface area is 224 Å². The highest BCUT2D eigenvalue weighted by atomic mass is 16.6. The van der Waals surface area contributed by atoms with E-state index in [2.05, 4.69) is 15.3 Å². The first-order valence-electron chi connectivity index (χ1n) is 12.8. The highest BCUT2D eigenvalue weighted by Gasteiger charge is 2.51. The van der Waals surface area contributed by atoms with Gasteiger partial charge in [0.25, 0.3) is 0 Å². The van der Waals surface area contributed by atoms with E-state index in [0.717, 1.165) is 27.8 Å². The Morgan fingerprint density at radius 3 is 2.21 bits per heavy atom. The maximum Gasteiger partial charge on any atom is 0.412 e. The van der Waals surface area contributed by atoms with E-state index >= 15 is 0 Å². The normalized spacial score (nSPS) is 14.6. The Morgan fingerprint density at radius 1 is 0.974 bits per heavy atom. The average molecular weight is 522 g/mol. The van der Waals surface area contributed by atoms with Crippen LogP contribution < -0.4 is 5.32 Å². The monoisotopic (exact) mass is 521 g/mol. The molecular formula is C31H27N3O5. The summed E-state index contributed by atoms with van der Waals surface area (Å²) < 4.78 is 11.3. The molecule has 1 aliphatic rings. The van der Waals surface area contributed by atoms with Crippen LogP contribution >= 0.6 is 0 Å². The number of nitrogens with zero attached hydrogens (tertiary/aromatic N) is 1. The van der Waals surface area contributed by atoms with Gasteiger partial charge in [0.15, 0.2) is 11.4 Å². The number of carboxylic acids is 1. The van der Waals surface area contributed by atoms with Gasteiger partial charge >= 0.3 is 12.1 Å². The van der Waals surface area contributed by atoms with Gasteiger partial charge in [0.05, 0.1) is 16.8 Å². The van der Waals surface area contributed by atoms with Gasteiger partial charge in [-0.15, -0.1) is 0 Å². The zero-order valence-electron chi connectivity index (χ0n) is 21.5. The number of rotatable bonds is 7. The smallest absolute Gasteiger partial charge is 0.412 e. The van der Waals surface area contributed by atoms with Gasteiger partial charge in [-0.25, -0.2) is 9.78 Å². The molecule has 2 aromatic heterocycles. The average Bonchev–Trinajstić information content (AvgIpc) is 3.60. The lowest BCUT2D eigenvalue weighted by Gasteiger charge is -2.14. The molecule has 8 nitrogen and oxygen atoms in total. The topological polar surface area (TPSA) is 117 Å². The number of aromatic nitrogens is 2. The molecule has 2 heterocycles. The van der Waals surface area contributed by atoms with Crippen LogP contribution in [0.2, 0.25) is 0 Å². The van der Waals surface area contributed by atoms with Crippen LogP contribution in [0.4, 0.5) is 10.5 Å². The third-order valence-electron chi connectivity index (χ3n) is 7.34. The maximum atomic E-state index is 12.9. The number of nitrogens with one attached hydrogen (secondary N) is 2. The number of oxazole rings is 1. The summed E-state index contributed by atoms with van der Waals surface area (Å²) in [6.07, 6.45) is 0.331. The SMILES string of the molecule is Cc1nc2c(NC(=O)OC(C)c3ccccc3)c(-c3ccc(-c4ccc(C5(C(=O)O)CC5)cc4)cc3)[nH]c2o1. The van der Waals surface area contributed by atoms with Gasteiger partial charge in [0, 0.05) is 12.5 Å². The molecule has 3 N–H and O–H groups in total. The summed E-state index contributed by atoms with van der Waals surface area (Å²) in [5.74, 6) is -0.282. The molecule has 1 unspecified atom stereocenters. The lowest BCUT2D eigenvalue weighted by atomic mass is 9.93. The van der Waals surface area contributed by atoms with Crippen LogP contribution in [0, 0.1) is 6.92 Å². The molecule has 0 bridgehead atoms. The second-order valence-electron chi connectivity index (χ2n) is 9.91. The predicted octanol–water partition coefficient (Wildman–Crippen LogP) is 7.22. The number of benzene rings is 3. The number of hydrogen-bond acceptors (Lipinski definition) is 5. The number of H-pyrrole nitrogens is 1. The van der Waals surface area contributed by atoms with Gasteiger partial charge in [0.1, 0.15) is 6.10 Å². The highest BCUT2D eigenvalue weighted by molar-refractivity contribution is 6.03. The predicted molar refractivity (Wildman–Crippen MR) is 147 cm³/mol. The Kier molecular flexibility index (Phi) is 5.95. The minimum absolute atomic E-state index is 0.431. The number of fused-ring (bicyclic) bond motifs is 1. The van der Waals surface area contributed by atoms with Crippen molar-refractivity contribution in [2.24, 2.45) is 0 Å². The van der Waals surface area contributed by atoms with Crippen LogP contribution in [0.5, 0.6) is 0 Å². The first kappa shape index (κ1) is 24.5. The van der Waals surface area contributed by atoms with E-state index in [9.17, 15) is 14.7 Å². The van der Waals surface area contributed by atoms with Crippen LogP contribution in [0.25, 0.3) is 33.6 Å². The van der Waals surface area contributed by atoms with Crippen molar-refractivity contribution in [2.45, 2.75) is 38.2 Å². The number of aryl methyl sites for hydroxylation is 1. The van der Waals surface area contributed by atoms with E-state index in [1.54, 1.807) is 6.92 Å². The minimum atomic E-state index is -0.760. The molecule has 1 amide bonds. The van der Waals surface area contributed by atoms with Gasteiger partial charge in [-0.1, -0.05) is 78.9 Å². The van der Waals surface area contributed by atoms with Crippen molar-refractivity contribution in [2.75, 3.05) is 5.32 Å². The Balaban J connectivity index is 1.25. The summed E-state index contributed by atoms with van der Waals surface area (Å²) in [6, 6.07) is 25.1. The first-order valence-corrected chi connectivity index (χ1v) is 12.8. The Hall–Kier alpha value is -4.85. The van der Waals surface area contributed by atoms with E-state index in [4.69, 9.17) is 9.15 Å². The summed E-state index contributed by atoms with van der Waals surface area (Å²) in [5.41, 5.74) is 5.92. The van der Waals surface area contributed by atoms with Crippen molar-refractivity contribution in [3.63, 3.8) is 0 Å². The van der Waals surface area contributed by atoms with Gasteiger partial charge in [-0.2, -0.15) is 0 Å². The molecule has 0 radical (unpaired) electrons. The van der Waals surface area contributed by atoms with Crippen LogP contribution in [0.1, 0.15) is 42.9 Å². The molecule has 5 aromatic rings. The largest absolute Gasteiger partial charge is 0.481 e. The van der Waals surface area contributed by atoms with Gasteiger partial charge < -0.3 is 19.2 Å². The third-order valence-corrected chi connectivity index (χ3v) is 7.34. The van der Waals surface area contributed by atoms with Crippen molar-refractivity contribution in [1.29, 1.82) is 0 Å². The quantitative estimate of drug-likeness (QED) is 0.208. The minimum Gasteiger partial charge on any atom is -0.481 e. The number of aliphatic carboxylic acids is 1. The van der Waals surface area contributed by atoms with Crippen molar-refractivity contribution in [3.8, 4) is 22.4 Å². The van der Waals surface area contributed by atoms with Crippen molar-refractivity contribution >= 4 is 29.0 Å². The summed E-state index contributed by atoms with van der Waals surface area (Å²) in [5, 5.41) is 12.4. The molecule has 196 valence electrons. The molecule has 6 rings (SSSR count). The zero-order chi connectivity index (χ0) is 27.1. The second-order valence-corrected chi connectivity index (χ2v) is 9.91. The number of carbonyl (C=O) groups is 2. The first-order chi connectivity index (χ1) is 18.8. The van der Waals surface area contributed by atoms with Crippen molar-refractivity contribution < 1.29 is 23.8 Å². The van der Waals surface area contributed by atoms with Gasteiger partial charge in [-0.3, -0.25) is 10.1 Å². The molecule has 0 spiro atoms. The molecule has 8 heteroatoms. The number of anilines is 1. The Morgan fingerprint density at radius 2 is 1.59 bits per heavy atom. The van der Waals surface area contributed by atoms with E-state index in [-0.39, 0.29) is 0 Å². The van der Waals surface area contributed by atoms with Crippen LogP contribution in [0.3, 0.4) is 0 Å². The highest BCUT2D eigenvalue weighted by Crippen LogP contribution is 2.48. The summed E-state index contributed by atoms with van der Waals surface area (Å²) >= 11 is 0. The molecule has 0 saturated heterocycles. The number of amides is 1. The fourth-order valence-corrected chi connectivity index (χ4v) is 4.96. The van der Waals surface area contributed by atoms with Gasteiger partial charge in [-0.05, 0) is 42.0 Å². The van der Waals surface area contributed by atoms with Crippen LogP contribution in [0.15, 0.2) is 83.3 Å². The zero-order valence-corrected chi connectivity index (χ0v) is 21.5. The number of aromatic amines is 1.